The van der Waals surface area contributed by atoms with E-state index in [-0.39, 0.29) is 24.7 Å². The third-order valence-electron chi connectivity index (χ3n) is 4.81. The van der Waals surface area contributed by atoms with Gasteiger partial charge in [-0.1, -0.05) is 6.07 Å². The fraction of sp³-hybridized carbons (Fsp3) is 0.688. The number of nitrogens with zero attached hydrogens (tertiary/aromatic N) is 2. The van der Waals surface area contributed by atoms with Crippen LogP contribution >= 0.6 is 11.3 Å². The lowest BCUT2D eigenvalue weighted by atomic mass is 10.0. The Hall–Kier alpha value is -1.03. The molecule has 2 aliphatic rings. The lowest BCUT2D eigenvalue weighted by Gasteiger charge is -2.39. The highest BCUT2D eigenvalue weighted by atomic mass is 32.1. The van der Waals surface area contributed by atoms with Crippen LogP contribution in [-0.2, 0) is 4.74 Å². The first-order valence-corrected chi connectivity index (χ1v) is 9.17. The first-order chi connectivity index (χ1) is 11.6. The number of thiophene rings is 1. The minimum atomic E-state index is -0.748. The van der Waals surface area contributed by atoms with Gasteiger partial charge in [-0.15, -0.1) is 11.3 Å². The largest absolute Gasteiger partial charge is 0.394 e. The van der Waals surface area contributed by atoms with Crippen molar-refractivity contribution in [1.82, 2.24) is 15.1 Å². The highest BCUT2D eigenvalue weighted by Crippen LogP contribution is 2.26. The van der Waals surface area contributed by atoms with E-state index >= 15 is 0 Å². The molecule has 3 heterocycles. The third-order valence-corrected chi connectivity index (χ3v) is 5.68. The van der Waals surface area contributed by atoms with Gasteiger partial charge in [0, 0.05) is 32.7 Å². The molecule has 0 saturated carbocycles. The number of likely N-dealkylation sites (N-methyl/N-ethyl adjacent to an activating group) is 1. The van der Waals surface area contributed by atoms with E-state index in [9.17, 15) is 15.0 Å². The molecule has 0 bridgehead atoms. The maximum atomic E-state index is 12.1. The second kappa shape index (κ2) is 7.90. The third kappa shape index (κ3) is 3.79. The molecule has 0 spiro atoms. The zero-order valence-corrected chi connectivity index (χ0v) is 14.6. The van der Waals surface area contributed by atoms with Crippen molar-refractivity contribution in [2.45, 2.75) is 24.4 Å². The molecule has 1 aromatic rings. The van der Waals surface area contributed by atoms with Gasteiger partial charge in [0.15, 0.2) is 0 Å². The van der Waals surface area contributed by atoms with Crippen molar-refractivity contribution in [2.75, 3.05) is 46.4 Å². The normalized spacial score (nSPS) is 32.1. The number of piperazine rings is 1. The second-order valence-corrected chi connectivity index (χ2v) is 7.35. The minimum Gasteiger partial charge on any atom is -0.394 e. The van der Waals surface area contributed by atoms with E-state index in [0.29, 0.717) is 11.4 Å². The molecule has 3 rings (SSSR count). The molecule has 0 radical (unpaired) electrons. The van der Waals surface area contributed by atoms with Gasteiger partial charge in [-0.3, -0.25) is 9.69 Å². The fourth-order valence-electron chi connectivity index (χ4n) is 3.40. The van der Waals surface area contributed by atoms with Crippen molar-refractivity contribution in [2.24, 2.45) is 0 Å². The molecule has 134 valence electrons. The number of ether oxygens (including phenoxy) is 1. The predicted octanol–water partition coefficient (Wildman–Crippen LogP) is -0.785. The Morgan fingerprint density at radius 2 is 2.12 bits per heavy atom. The maximum Gasteiger partial charge on any atom is 0.261 e. The van der Waals surface area contributed by atoms with Crippen molar-refractivity contribution in [3.8, 4) is 0 Å². The van der Waals surface area contributed by atoms with Crippen molar-refractivity contribution in [3.05, 3.63) is 22.4 Å². The Kier molecular flexibility index (Phi) is 5.85. The van der Waals surface area contributed by atoms with Crippen LogP contribution < -0.4 is 5.32 Å². The van der Waals surface area contributed by atoms with Crippen LogP contribution in [0.25, 0.3) is 0 Å². The van der Waals surface area contributed by atoms with Crippen LogP contribution in [0.3, 0.4) is 0 Å². The molecule has 24 heavy (non-hydrogen) atoms. The van der Waals surface area contributed by atoms with Gasteiger partial charge in [-0.2, -0.15) is 0 Å². The van der Waals surface area contributed by atoms with E-state index in [1.54, 1.807) is 6.07 Å². The summed E-state index contributed by atoms with van der Waals surface area (Å²) in [7, 11) is 2.08. The van der Waals surface area contributed by atoms with E-state index in [2.05, 4.69) is 22.2 Å². The Bertz CT molecular complexity index is 533. The predicted molar refractivity (Wildman–Crippen MR) is 91.3 cm³/mol. The Morgan fingerprint density at radius 3 is 2.75 bits per heavy atom. The zero-order valence-electron chi connectivity index (χ0n) is 13.8. The van der Waals surface area contributed by atoms with Gasteiger partial charge in [-0.05, 0) is 18.5 Å². The highest BCUT2D eigenvalue weighted by Gasteiger charge is 2.46. The number of aliphatic hydroxyl groups is 2. The minimum absolute atomic E-state index is 0.132. The summed E-state index contributed by atoms with van der Waals surface area (Å²) in [6, 6.07) is 3.41. The molecular formula is C16H25N3O4S. The first-order valence-electron chi connectivity index (χ1n) is 8.29. The van der Waals surface area contributed by atoms with Gasteiger partial charge in [-0.25, -0.2) is 0 Å². The van der Waals surface area contributed by atoms with E-state index in [4.69, 9.17) is 4.74 Å². The van der Waals surface area contributed by atoms with Crippen LogP contribution in [0.2, 0.25) is 0 Å². The summed E-state index contributed by atoms with van der Waals surface area (Å²) < 4.78 is 5.82. The highest BCUT2D eigenvalue weighted by molar-refractivity contribution is 7.12. The van der Waals surface area contributed by atoms with E-state index < -0.39 is 12.2 Å². The molecular weight excluding hydrogens is 330 g/mol. The fourth-order valence-corrected chi connectivity index (χ4v) is 4.04. The number of aliphatic hydroxyl groups excluding tert-OH is 2. The molecule has 2 aliphatic heterocycles. The van der Waals surface area contributed by atoms with Gasteiger partial charge < -0.3 is 25.2 Å². The quantitative estimate of drug-likeness (QED) is 0.642. The molecule has 4 unspecified atom stereocenters. The van der Waals surface area contributed by atoms with Crippen molar-refractivity contribution < 1.29 is 19.7 Å². The molecule has 3 N–H and O–H groups in total. The SMILES string of the molecule is CN1CCN(C2C(CNC(=O)c3cccs3)OC(CO)C2O)CC1. The van der Waals surface area contributed by atoms with Crippen molar-refractivity contribution >= 4 is 17.2 Å². The molecule has 8 heteroatoms. The van der Waals surface area contributed by atoms with Crippen LogP contribution in [0.1, 0.15) is 9.67 Å². The molecule has 1 amide bonds. The second-order valence-electron chi connectivity index (χ2n) is 6.40. The zero-order chi connectivity index (χ0) is 17.1. The summed E-state index contributed by atoms with van der Waals surface area (Å²) >= 11 is 1.39. The molecule has 7 nitrogen and oxygen atoms in total. The summed E-state index contributed by atoms with van der Waals surface area (Å²) in [6.45, 7) is 3.65. The van der Waals surface area contributed by atoms with Gasteiger partial charge in [0.2, 0.25) is 0 Å². The number of amides is 1. The number of hydrogen-bond donors (Lipinski definition) is 3. The molecule has 2 saturated heterocycles. The van der Waals surface area contributed by atoms with Crippen LogP contribution in [0, 0.1) is 0 Å². The lowest BCUT2D eigenvalue weighted by molar-refractivity contribution is -0.0209. The van der Waals surface area contributed by atoms with E-state index in [1.807, 2.05) is 11.4 Å². The monoisotopic (exact) mass is 355 g/mol. The maximum absolute atomic E-state index is 12.1. The Morgan fingerprint density at radius 1 is 1.38 bits per heavy atom. The average molecular weight is 355 g/mol. The summed E-state index contributed by atoms with van der Waals surface area (Å²) in [5.74, 6) is -0.132. The summed E-state index contributed by atoms with van der Waals surface area (Å²) in [6.07, 6.45) is -1.68. The van der Waals surface area contributed by atoms with Crippen LogP contribution in [-0.4, -0.2) is 96.7 Å². The van der Waals surface area contributed by atoms with Crippen LogP contribution in [0.4, 0.5) is 0 Å². The molecule has 0 aromatic carbocycles. The van der Waals surface area contributed by atoms with E-state index in [1.165, 1.54) is 11.3 Å². The number of nitrogens with one attached hydrogen (secondary N) is 1. The van der Waals surface area contributed by atoms with Gasteiger partial charge >= 0.3 is 0 Å². The average Bonchev–Trinajstić information content (AvgIpc) is 3.22. The Balaban J connectivity index is 1.63. The summed E-state index contributed by atoms with van der Waals surface area (Å²) in [4.78, 5) is 17.2. The molecule has 0 aliphatic carbocycles. The van der Waals surface area contributed by atoms with Crippen molar-refractivity contribution in [3.63, 3.8) is 0 Å². The van der Waals surface area contributed by atoms with Crippen molar-refractivity contribution in [1.29, 1.82) is 0 Å². The van der Waals surface area contributed by atoms with Gasteiger partial charge in [0.1, 0.15) is 12.2 Å². The number of rotatable bonds is 5. The van der Waals surface area contributed by atoms with Gasteiger partial charge in [0.25, 0.3) is 5.91 Å². The number of hydrogen-bond acceptors (Lipinski definition) is 7. The standard InChI is InChI=1S/C16H25N3O4S/c1-18-4-6-19(7-5-18)14-11(23-12(10-20)15(14)21)9-17-16(22)13-3-2-8-24-13/h2-3,8,11-12,14-15,20-21H,4-7,9-10H2,1H3,(H,17,22). The first kappa shape index (κ1) is 17.8. The lowest BCUT2D eigenvalue weighted by Crippen LogP contribution is -2.56. The topological polar surface area (TPSA) is 85.3 Å². The number of carbonyl (C=O) groups is 1. The van der Waals surface area contributed by atoms with Crippen LogP contribution in [0.5, 0.6) is 0 Å². The molecule has 2 fully saturated rings. The Labute approximate surface area is 145 Å². The van der Waals surface area contributed by atoms with Gasteiger partial charge in [0.05, 0.1) is 23.6 Å². The summed E-state index contributed by atoms with van der Waals surface area (Å²) in [5.41, 5.74) is 0. The van der Waals surface area contributed by atoms with Crippen LogP contribution in [0.15, 0.2) is 17.5 Å². The van der Waals surface area contributed by atoms with E-state index in [0.717, 1.165) is 26.2 Å². The molecule has 1 aromatic heterocycles. The molecule has 4 atom stereocenters. The number of carbonyl (C=O) groups excluding carboxylic acids is 1. The summed E-state index contributed by atoms with van der Waals surface area (Å²) in [5, 5.41) is 24.7. The smallest absolute Gasteiger partial charge is 0.261 e.